The van der Waals surface area contributed by atoms with E-state index in [1.165, 1.54) is 4.90 Å². The molecule has 0 bridgehead atoms. The first-order chi connectivity index (χ1) is 27.0. The van der Waals surface area contributed by atoms with Gasteiger partial charge in [-0.05, 0) is 90.2 Å². The van der Waals surface area contributed by atoms with Crippen molar-refractivity contribution in [2.75, 3.05) is 13.2 Å². The van der Waals surface area contributed by atoms with Gasteiger partial charge in [-0.25, -0.2) is 13.2 Å². The summed E-state index contributed by atoms with van der Waals surface area (Å²) in [5.74, 6) is -1.98. The normalized spacial score (nSPS) is 28.5. The van der Waals surface area contributed by atoms with E-state index in [0.717, 1.165) is 6.42 Å². The van der Waals surface area contributed by atoms with E-state index in [4.69, 9.17) is 14.2 Å². The third-order valence-corrected chi connectivity index (χ3v) is 12.6. The molecule has 16 heteroatoms. The highest BCUT2D eigenvalue weighted by Gasteiger charge is 2.62. The predicted molar refractivity (Wildman–Crippen MR) is 221 cm³/mol. The first-order valence-corrected chi connectivity index (χ1v) is 22.0. The van der Waals surface area contributed by atoms with Crippen molar-refractivity contribution in [3.63, 3.8) is 0 Å². The van der Waals surface area contributed by atoms with Crippen LogP contribution in [-0.2, 0) is 29.1 Å². The number of nitrogens with zero attached hydrogens (tertiary/aromatic N) is 3. The number of rotatable bonds is 9. The Labute approximate surface area is 340 Å². The van der Waals surface area contributed by atoms with Crippen LogP contribution in [0.3, 0.4) is 0 Å². The van der Waals surface area contributed by atoms with E-state index >= 15 is 0 Å². The maximum Gasteiger partial charge on any atom is 0.408 e. The standard InChI is InChI=1S/C39H54N6O9S.C2H6.3H2/c1-7-24-19-23(3)13-9-10-14-25-21-39(25,36(48)44-55(50,51)27-17-18-27)41-32(46)30-20-26(22-45(30)35(47)31(24)40-37(49)54-38(4,5)6)53-34-29-16-12-11-15-28(29)33(42-43-34)52-8-2;1-2;;;/h10-12,14-16,23-27,30-31H,7-9,13,17-22H2,1-6H3,(H,40,49)(H,41,46)(H,44,48);1-2H3;3*1H/b14-10-;;;;/t23-,24-,25-,26-,30+,31+,39-;;;;/m1..../s1. The summed E-state index contributed by atoms with van der Waals surface area (Å²) in [4.78, 5) is 57.9. The molecule has 2 aromatic rings. The van der Waals surface area contributed by atoms with Crippen LogP contribution < -0.4 is 24.8 Å². The lowest BCUT2D eigenvalue weighted by atomic mass is 9.85. The highest BCUT2D eigenvalue weighted by molar-refractivity contribution is 7.91. The minimum absolute atomic E-state index is 0. The lowest BCUT2D eigenvalue weighted by Gasteiger charge is -2.34. The van der Waals surface area contributed by atoms with Crippen LogP contribution >= 0.6 is 0 Å². The van der Waals surface area contributed by atoms with Gasteiger partial charge in [0, 0.05) is 16.6 Å². The van der Waals surface area contributed by atoms with Gasteiger partial charge in [0.1, 0.15) is 29.3 Å². The molecule has 3 heterocycles. The third-order valence-electron chi connectivity index (χ3n) is 10.8. The number of alkyl carbamates (subject to hydrolysis) is 1. The van der Waals surface area contributed by atoms with Gasteiger partial charge in [-0.3, -0.25) is 19.1 Å². The molecule has 0 spiro atoms. The zero-order chi connectivity index (χ0) is 41.7. The van der Waals surface area contributed by atoms with Gasteiger partial charge in [-0.15, -0.1) is 10.2 Å². The maximum absolute atomic E-state index is 14.9. The molecule has 1 aromatic heterocycles. The number of hydrogen-bond acceptors (Lipinski definition) is 11. The van der Waals surface area contributed by atoms with Crippen LogP contribution in [-0.4, -0.2) is 95.1 Å². The summed E-state index contributed by atoms with van der Waals surface area (Å²) in [6, 6.07) is 5.15. The van der Waals surface area contributed by atoms with Crippen molar-refractivity contribution in [1.82, 2.24) is 30.5 Å². The maximum atomic E-state index is 14.9. The first kappa shape index (κ1) is 43.6. The van der Waals surface area contributed by atoms with Crippen LogP contribution in [0.25, 0.3) is 10.8 Å². The molecule has 7 atom stereocenters. The van der Waals surface area contributed by atoms with E-state index in [-0.39, 0.29) is 41.4 Å². The second kappa shape index (κ2) is 18.0. The molecule has 4 amide bonds. The Morgan fingerprint density at radius 1 is 1.04 bits per heavy atom. The summed E-state index contributed by atoms with van der Waals surface area (Å²) < 4.78 is 45.7. The second-order valence-electron chi connectivity index (χ2n) is 16.4. The van der Waals surface area contributed by atoms with Crippen LogP contribution in [0.2, 0.25) is 0 Å². The van der Waals surface area contributed by atoms with Gasteiger partial charge in [0.05, 0.1) is 29.2 Å². The number of sulfonamides is 1. The zero-order valence-corrected chi connectivity index (χ0v) is 35.3. The first-order valence-electron chi connectivity index (χ1n) is 20.4. The van der Waals surface area contributed by atoms with Gasteiger partial charge in [-0.2, -0.15) is 0 Å². The molecule has 1 aromatic carbocycles. The summed E-state index contributed by atoms with van der Waals surface area (Å²) in [5.41, 5.74) is -2.35. The number of hydrogen-bond donors (Lipinski definition) is 3. The van der Waals surface area contributed by atoms with Crippen molar-refractivity contribution in [2.45, 2.75) is 141 Å². The van der Waals surface area contributed by atoms with Crippen molar-refractivity contribution in [3.05, 3.63) is 36.4 Å². The molecule has 0 radical (unpaired) electrons. The molecule has 6 rings (SSSR count). The Morgan fingerprint density at radius 3 is 2.33 bits per heavy atom. The molecule has 3 N–H and O–H groups in total. The number of benzene rings is 1. The number of amides is 4. The monoisotopic (exact) mass is 818 g/mol. The van der Waals surface area contributed by atoms with Crippen molar-refractivity contribution in [3.8, 4) is 11.8 Å². The Bertz CT molecular complexity index is 1950. The fraction of sp³-hybridized carbons (Fsp3) is 0.659. The summed E-state index contributed by atoms with van der Waals surface area (Å²) in [6.07, 6.45) is 6.12. The van der Waals surface area contributed by atoms with E-state index in [1.807, 2.05) is 64.1 Å². The number of aromatic nitrogens is 2. The Balaban J connectivity index is 0.00000244. The molecule has 0 unspecified atom stereocenters. The minimum Gasteiger partial charge on any atom is -0.476 e. The molecule has 3 fully saturated rings. The van der Waals surface area contributed by atoms with Crippen LogP contribution in [0.1, 0.15) is 111 Å². The predicted octanol–water partition coefficient (Wildman–Crippen LogP) is 5.92. The number of fused-ring (bicyclic) bond motifs is 3. The van der Waals surface area contributed by atoms with Crippen LogP contribution in [0.5, 0.6) is 11.8 Å². The third kappa shape index (κ3) is 10.3. The van der Waals surface area contributed by atoms with Gasteiger partial charge in [0.25, 0.3) is 5.91 Å². The van der Waals surface area contributed by atoms with Crippen molar-refractivity contribution < 1.29 is 46.1 Å². The van der Waals surface area contributed by atoms with E-state index in [2.05, 4.69) is 32.5 Å². The van der Waals surface area contributed by atoms with Gasteiger partial charge >= 0.3 is 6.09 Å². The molecule has 57 heavy (non-hydrogen) atoms. The summed E-state index contributed by atoms with van der Waals surface area (Å²) >= 11 is 0. The number of nitrogens with one attached hydrogen (secondary N) is 3. The fourth-order valence-electron chi connectivity index (χ4n) is 7.69. The van der Waals surface area contributed by atoms with Gasteiger partial charge in [0.2, 0.25) is 33.6 Å². The molecule has 2 aliphatic heterocycles. The van der Waals surface area contributed by atoms with Crippen molar-refractivity contribution in [2.24, 2.45) is 17.8 Å². The Morgan fingerprint density at radius 2 is 1.70 bits per heavy atom. The summed E-state index contributed by atoms with van der Waals surface area (Å²) in [6.45, 7) is 15.5. The Hall–Kier alpha value is -4.47. The summed E-state index contributed by atoms with van der Waals surface area (Å²) in [7, 11) is -3.91. The molecular formula is C41H66N6O9S. The van der Waals surface area contributed by atoms with E-state index in [9.17, 15) is 27.6 Å². The smallest absolute Gasteiger partial charge is 0.408 e. The zero-order valence-electron chi connectivity index (χ0n) is 34.5. The van der Waals surface area contributed by atoms with Gasteiger partial charge in [-0.1, -0.05) is 58.4 Å². The number of carbonyl (C=O) groups excluding carboxylic acids is 4. The average Bonchev–Trinajstić information content (AvgIpc) is 4.09. The molecule has 15 nitrogen and oxygen atoms in total. The van der Waals surface area contributed by atoms with Crippen molar-refractivity contribution in [1.29, 1.82) is 0 Å². The highest BCUT2D eigenvalue weighted by atomic mass is 32.2. The van der Waals surface area contributed by atoms with Gasteiger partial charge in [0.15, 0.2) is 0 Å². The van der Waals surface area contributed by atoms with Crippen LogP contribution in [0.15, 0.2) is 36.4 Å². The fourth-order valence-corrected chi connectivity index (χ4v) is 9.06. The molecule has 2 saturated carbocycles. The highest BCUT2D eigenvalue weighted by Crippen LogP contribution is 2.46. The average molecular weight is 819 g/mol. The molecule has 4 aliphatic rings. The SMILES string of the molecule is CC.CCOc1nnc(O[C@@H]2C[C@H]3C(=O)N[C@]4(C(=O)NS(=O)(=O)C5CC5)C[C@H]4/C=C\CC[C@@H](C)C[C@@H](CC)[C@H](NC(=O)OC(C)(C)C)C(=O)N3C2)c2ccccc12.[HH].[HH].[HH]. The van der Waals surface area contributed by atoms with E-state index < -0.39 is 74.3 Å². The quantitative estimate of drug-likeness (QED) is 0.254. The molecular weight excluding hydrogens is 753 g/mol. The number of carbonyl (C=O) groups is 4. The Kier molecular flexibility index (Phi) is 13.8. The summed E-state index contributed by atoms with van der Waals surface area (Å²) in [5, 5.41) is 15.0. The second-order valence-corrected chi connectivity index (χ2v) is 18.3. The lowest BCUT2D eigenvalue weighted by Crippen LogP contribution is -2.59. The van der Waals surface area contributed by atoms with Gasteiger partial charge < -0.3 is 29.7 Å². The number of allylic oxidation sites excluding steroid dienone is 1. The molecule has 1 saturated heterocycles. The lowest BCUT2D eigenvalue weighted by molar-refractivity contribution is -0.142. The largest absolute Gasteiger partial charge is 0.476 e. The molecule has 320 valence electrons. The molecule has 2 aliphatic carbocycles. The van der Waals surface area contributed by atoms with Crippen LogP contribution in [0, 0.1) is 17.8 Å². The minimum atomic E-state index is -3.91. The topological polar surface area (TPSA) is 195 Å². The van der Waals surface area contributed by atoms with Crippen LogP contribution in [0.4, 0.5) is 4.79 Å². The van der Waals surface area contributed by atoms with E-state index in [1.54, 1.807) is 20.8 Å². The van der Waals surface area contributed by atoms with E-state index in [0.29, 0.717) is 55.4 Å². The number of ether oxygens (including phenoxy) is 3. The van der Waals surface area contributed by atoms with Crippen molar-refractivity contribution >= 4 is 44.6 Å².